The molecule has 2 rings (SSSR count). The fourth-order valence-electron chi connectivity index (χ4n) is 1.94. The summed E-state index contributed by atoms with van der Waals surface area (Å²) in [7, 11) is 0. The van der Waals surface area contributed by atoms with E-state index in [0.717, 1.165) is 5.56 Å². The number of nitrogens with zero attached hydrogens (tertiary/aromatic N) is 1. The lowest BCUT2D eigenvalue weighted by atomic mass is 10.1. The number of hydrogen-bond donors (Lipinski definition) is 1. The summed E-state index contributed by atoms with van der Waals surface area (Å²) >= 11 is 0. The molecule has 1 atom stereocenters. The molecule has 2 N–H and O–H groups in total. The molecule has 0 spiro atoms. The molecule has 2 aromatic carbocycles. The van der Waals surface area contributed by atoms with Crippen molar-refractivity contribution in [3.8, 4) is 11.5 Å². The standard InChI is InChI=1S/C15H15FN2O3/c1-9-3-5-15(13(7-9)18(19)20)21-14-6-4-11(16)8-12(14)10(2)17/h3-8,10H,17H2,1-2H3/t10-/m0/s1. The largest absolute Gasteiger partial charge is 0.450 e. The number of aryl methyl sites for hydroxylation is 1. The zero-order valence-electron chi connectivity index (χ0n) is 11.7. The highest BCUT2D eigenvalue weighted by atomic mass is 19.1. The molecule has 0 saturated carbocycles. The van der Waals surface area contributed by atoms with E-state index in [-0.39, 0.29) is 11.4 Å². The Morgan fingerprint density at radius 2 is 1.90 bits per heavy atom. The fourth-order valence-corrected chi connectivity index (χ4v) is 1.94. The molecule has 0 aromatic heterocycles. The summed E-state index contributed by atoms with van der Waals surface area (Å²) in [6, 6.07) is 8.09. The van der Waals surface area contributed by atoms with Gasteiger partial charge >= 0.3 is 5.69 Å². The van der Waals surface area contributed by atoms with Crippen molar-refractivity contribution in [3.63, 3.8) is 0 Å². The molecule has 0 aliphatic rings. The van der Waals surface area contributed by atoms with Crippen LogP contribution in [-0.4, -0.2) is 4.92 Å². The summed E-state index contributed by atoms with van der Waals surface area (Å²) in [5.74, 6) is -0.0366. The molecule has 0 bridgehead atoms. The van der Waals surface area contributed by atoms with Gasteiger partial charge in [-0.15, -0.1) is 0 Å². The van der Waals surface area contributed by atoms with Gasteiger partial charge in [-0.25, -0.2) is 4.39 Å². The Bertz CT molecular complexity index is 687. The molecular formula is C15H15FN2O3. The predicted octanol–water partition coefficient (Wildman–Crippen LogP) is 3.85. The van der Waals surface area contributed by atoms with Gasteiger partial charge in [0.2, 0.25) is 5.75 Å². The van der Waals surface area contributed by atoms with Crippen LogP contribution in [0.1, 0.15) is 24.1 Å². The third kappa shape index (κ3) is 3.35. The molecule has 0 radical (unpaired) electrons. The van der Waals surface area contributed by atoms with Gasteiger partial charge in [-0.1, -0.05) is 6.07 Å². The van der Waals surface area contributed by atoms with Crippen molar-refractivity contribution in [1.82, 2.24) is 0 Å². The van der Waals surface area contributed by atoms with Crippen molar-refractivity contribution < 1.29 is 14.1 Å². The van der Waals surface area contributed by atoms with E-state index >= 15 is 0 Å². The summed E-state index contributed by atoms with van der Waals surface area (Å²) in [6.07, 6.45) is 0. The minimum atomic E-state index is -0.516. The highest BCUT2D eigenvalue weighted by Crippen LogP contribution is 2.35. The van der Waals surface area contributed by atoms with E-state index in [9.17, 15) is 14.5 Å². The van der Waals surface area contributed by atoms with Gasteiger partial charge in [-0.2, -0.15) is 0 Å². The lowest BCUT2D eigenvalue weighted by Crippen LogP contribution is -2.07. The van der Waals surface area contributed by atoms with Crippen LogP contribution in [0.4, 0.5) is 10.1 Å². The highest BCUT2D eigenvalue weighted by Gasteiger charge is 2.18. The van der Waals surface area contributed by atoms with E-state index < -0.39 is 16.8 Å². The maximum absolute atomic E-state index is 13.3. The third-order valence-corrected chi connectivity index (χ3v) is 2.99. The SMILES string of the molecule is Cc1ccc(Oc2ccc(F)cc2[C@H](C)N)c([N+](=O)[O-])c1. The van der Waals surface area contributed by atoms with Gasteiger partial charge in [-0.05, 0) is 43.7 Å². The number of nitro benzene ring substituents is 1. The van der Waals surface area contributed by atoms with Crippen molar-refractivity contribution in [1.29, 1.82) is 0 Å². The molecule has 5 nitrogen and oxygen atoms in total. The van der Waals surface area contributed by atoms with E-state index in [0.29, 0.717) is 11.3 Å². The van der Waals surface area contributed by atoms with E-state index in [4.69, 9.17) is 10.5 Å². The van der Waals surface area contributed by atoms with Crippen molar-refractivity contribution >= 4 is 5.69 Å². The average molecular weight is 290 g/mol. The Balaban J connectivity index is 2.46. The Kier molecular flexibility index (Phi) is 4.18. The van der Waals surface area contributed by atoms with Crippen molar-refractivity contribution in [3.05, 3.63) is 63.5 Å². The fraction of sp³-hybridized carbons (Fsp3) is 0.200. The number of rotatable bonds is 4. The number of halogens is 1. The summed E-state index contributed by atoms with van der Waals surface area (Å²) in [5, 5.41) is 11.1. The van der Waals surface area contributed by atoms with Gasteiger partial charge in [0.25, 0.3) is 0 Å². The molecule has 0 heterocycles. The Labute approximate surface area is 121 Å². The second-order valence-electron chi connectivity index (χ2n) is 4.80. The third-order valence-electron chi connectivity index (χ3n) is 2.99. The molecule has 0 saturated heterocycles. The number of hydrogen-bond acceptors (Lipinski definition) is 4. The Hall–Kier alpha value is -2.47. The number of benzene rings is 2. The van der Waals surface area contributed by atoms with Crippen molar-refractivity contribution in [2.75, 3.05) is 0 Å². The number of ether oxygens (including phenoxy) is 1. The molecule has 0 unspecified atom stereocenters. The first-order valence-corrected chi connectivity index (χ1v) is 6.36. The van der Waals surface area contributed by atoms with Gasteiger partial charge in [0.1, 0.15) is 11.6 Å². The van der Waals surface area contributed by atoms with Gasteiger partial charge in [0.05, 0.1) is 4.92 Å². The smallest absolute Gasteiger partial charge is 0.311 e. The molecule has 0 amide bonds. The van der Waals surface area contributed by atoms with E-state index in [1.54, 1.807) is 19.9 Å². The normalized spacial score (nSPS) is 12.0. The summed E-state index contributed by atoms with van der Waals surface area (Å²) in [4.78, 5) is 10.6. The van der Waals surface area contributed by atoms with Gasteiger partial charge in [0.15, 0.2) is 0 Å². The maximum Gasteiger partial charge on any atom is 0.311 e. The quantitative estimate of drug-likeness (QED) is 0.685. The lowest BCUT2D eigenvalue weighted by molar-refractivity contribution is -0.385. The van der Waals surface area contributed by atoms with E-state index in [1.807, 2.05) is 0 Å². The second-order valence-corrected chi connectivity index (χ2v) is 4.80. The van der Waals surface area contributed by atoms with E-state index in [1.165, 1.54) is 30.3 Å². The molecule has 21 heavy (non-hydrogen) atoms. The molecular weight excluding hydrogens is 275 g/mol. The molecule has 0 aliphatic heterocycles. The predicted molar refractivity (Wildman–Crippen MR) is 76.9 cm³/mol. The van der Waals surface area contributed by atoms with Crippen LogP contribution in [0.15, 0.2) is 36.4 Å². The van der Waals surface area contributed by atoms with E-state index in [2.05, 4.69) is 0 Å². The monoisotopic (exact) mass is 290 g/mol. The Morgan fingerprint density at radius 3 is 2.52 bits per heavy atom. The molecule has 110 valence electrons. The minimum absolute atomic E-state index is 0.0964. The second kappa shape index (κ2) is 5.88. The van der Waals surface area contributed by atoms with Crippen LogP contribution < -0.4 is 10.5 Å². The van der Waals surface area contributed by atoms with Crippen LogP contribution in [0.3, 0.4) is 0 Å². The van der Waals surface area contributed by atoms with Crippen molar-refractivity contribution in [2.24, 2.45) is 5.73 Å². The van der Waals surface area contributed by atoms with Crippen LogP contribution in [0.2, 0.25) is 0 Å². The summed E-state index contributed by atoms with van der Waals surface area (Å²) in [5.41, 5.74) is 6.83. The maximum atomic E-state index is 13.3. The van der Waals surface area contributed by atoms with Crippen molar-refractivity contribution in [2.45, 2.75) is 19.9 Å². The first kappa shape index (κ1) is 14.9. The first-order valence-electron chi connectivity index (χ1n) is 6.36. The number of nitro groups is 1. The zero-order chi connectivity index (χ0) is 15.6. The highest BCUT2D eigenvalue weighted by molar-refractivity contribution is 5.51. The van der Waals surface area contributed by atoms with Crippen LogP contribution in [0, 0.1) is 22.9 Å². The molecule has 0 aliphatic carbocycles. The summed E-state index contributed by atoms with van der Waals surface area (Å²) < 4.78 is 18.9. The minimum Gasteiger partial charge on any atom is -0.450 e. The van der Waals surface area contributed by atoms with Crippen LogP contribution >= 0.6 is 0 Å². The topological polar surface area (TPSA) is 78.4 Å². The van der Waals surface area contributed by atoms with Gasteiger partial charge in [-0.3, -0.25) is 10.1 Å². The first-order chi connectivity index (χ1) is 9.88. The van der Waals surface area contributed by atoms with Crippen LogP contribution in [0.5, 0.6) is 11.5 Å². The lowest BCUT2D eigenvalue weighted by Gasteiger charge is -2.14. The van der Waals surface area contributed by atoms with Crippen LogP contribution in [-0.2, 0) is 0 Å². The van der Waals surface area contributed by atoms with Gasteiger partial charge in [0, 0.05) is 17.7 Å². The molecule has 0 fully saturated rings. The average Bonchev–Trinajstić information content (AvgIpc) is 2.42. The molecule has 2 aromatic rings. The van der Waals surface area contributed by atoms with Crippen LogP contribution in [0.25, 0.3) is 0 Å². The zero-order valence-corrected chi connectivity index (χ0v) is 11.7. The molecule has 6 heteroatoms. The Morgan fingerprint density at radius 1 is 1.24 bits per heavy atom. The van der Waals surface area contributed by atoms with Gasteiger partial charge < -0.3 is 10.5 Å². The number of nitrogens with two attached hydrogens (primary N) is 1. The summed E-state index contributed by atoms with van der Waals surface area (Å²) in [6.45, 7) is 3.44.